The number of amides is 1. The molecular formula is C20H17FN2OS. The van der Waals surface area contributed by atoms with E-state index in [0.29, 0.717) is 5.69 Å². The van der Waals surface area contributed by atoms with Gasteiger partial charge in [0.2, 0.25) is 5.91 Å². The Balaban J connectivity index is 1.42. The van der Waals surface area contributed by atoms with Crippen LogP contribution in [0.4, 0.5) is 4.39 Å². The highest BCUT2D eigenvalue weighted by atomic mass is 32.1. The van der Waals surface area contributed by atoms with Crippen molar-refractivity contribution < 1.29 is 9.18 Å². The van der Waals surface area contributed by atoms with Crippen LogP contribution in [0.1, 0.15) is 29.3 Å². The predicted octanol–water partition coefficient (Wildman–Crippen LogP) is 4.30. The molecular weight excluding hydrogens is 335 g/mol. The monoisotopic (exact) mass is 352 g/mol. The summed E-state index contributed by atoms with van der Waals surface area (Å²) in [4.78, 5) is 16.8. The second kappa shape index (κ2) is 6.76. The molecule has 0 radical (unpaired) electrons. The van der Waals surface area contributed by atoms with Gasteiger partial charge in [-0.25, -0.2) is 9.37 Å². The number of hydrogen-bond acceptors (Lipinski definition) is 3. The van der Waals surface area contributed by atoms with E-state index < -0.39 is 0 Å². The van der Waals surface area contributed by atoms with Crippen molar-refractivity contribution >= 4 is 17.2 Å². The number of nitrogens with zero attached hydrogens (tertiary/aromatic N) is 1. The summed E-state index contributed by atoms with van der Waals surface area (Å²) < 4.78 is 13.3. The van der Waals surface area contributed by atoms with Crippen molar-refractivity contribution in [3.05, 3.63) is 76.5 Å². The molecule has 3 aromatic rings. The van der Waals surface area contributed by atoms with Crippen LogP contribution in [0.3, 0.4) is 0 Å². The van der Waals surface area contributed by atoms with Crippen molar-refractivity contribution in [2.45, 2.75) is 25.3 Å². The summed E-state index contributed by atoms with van der Waals surface area (Å²) >= 11 is 1.43. The highest BCUT2D eigenvalue weighted by molar-refractivity contribution is 7.13. The number of fused-ring (bicyclic) bond motifs is 1. The van der Waals surface area contributed by atoms with E-state index in [4.69, 9.17) is 0 Å². The van der Waals surface area contributed by atoms with Crippen molar-refractivity contribution in [2.75, 3.05) is 0 Å². The molecule has 3 nitrogen and oxygen atoms in total. The summed E-state index contributed by atoms with van der Waals surface area (Å²) in [6, 6.07) is 14.7. The fourth-order valence-electron chi connectivity index (χ4n) is 3.26. The Morgan fingerprint density at radius 1 is 1.24 bits per heavy atom. The number of aromatic nitrogens is 1. The molecule has 25 heavy (non-hydrogen) atoms. The lowest BCUT2D eigenvalue weighted by atomic mass is 10.1. The number of carbonyl (C=O) groups excluding carboxylic acids is 1. The summed E-state index contributed by atoms with van der Waals surface area (Å²) in [6.45, 7) is 0. The lowest BCUT2D eigenvalue weighted by Crippen LogP contribution is -2.28. The number of hydrogen-bond donors (Lipinski definition) is 1. The maximum Gasteiger partial charge on any atom is 0.226 e. The van der Waals surface area contributed by atoms with Gasteiger partial charge in [0.05, 0.1) is 18.2 Å². The van der Waals surface area contributed by atoms with Crippen molar-refractivity contribution in [3.63, 3.8) is 0 Å². The zero-order chi connectivity index (χ0) is 17.2. The molecule has 0 unspecified atom stereocenters. The molecule has 1 aromatic heterocycles. The van der Waals surface area contributed by atoms with E-state index in [1.165, 1.54) is 34.6 Å². The quantitative estimate of drug-likeness (QED) is 0.761. The Morgan fingerprint density at radius 3 is 3.00 bits per heavy atom. The summed E-state index contributed by atoms with van der Waals surface area (Å²) in [7, 11) is 0. The first-order chi connectivity index (χ1) is 12.2. The van der Waals surface area contributed by atoms with Gasteiger partial charge in [-0.2, -0.15) is 0 Å². The van der Waals surface area contributed by atoms with Gasteiger partial charge in [0.25, 0.3) is 0 Å². The third kappa shape index (κ3) is 3.46. The fraction of sp³-hybridized carbons (Fsp3) is 0.200. The van der Waals surface area contributed by atoms with Gasteiger partial charge in [-0.05, 0) is 36.1 Å². The van der Waals surface area contributed by atoms with Gasteiger partial charge in [-0.15, -0.1) is 11.3 Å². The third-order valence-electron chi connectivity index (χ3n) is 4.43. The maximum absolute atomic E-state index is 13.3. The predicted molar refractivity (Wildman–Crippen MR) is 96.9 cm³/mol. The standard InChI is InChI=1S/C20H17FN2OS/c21-15-6-3-5-14(10-15)20-22-16(12-25-20)11-19(24)23-18-9-8-13-4-1-2-7-17(13)18/h1-7,10,12,18H,8-9,11H2,(H,23,24)/t18-/m0/s1. The number of aryl methyl sites for hydroxylation is 1. The van der Waals surface area contributed by atoms with E-state index in [0.717, 1.165) is 23.4 Å². The van der Waals surface area contributed by atoms with Crippen LogP contribution in [0.15, 0.2) is 53.9 Å². The summed E-state index contributed by atoms with van der Waals surface area (Å²) in [5, 5.41) is 5.70. The molecule has 0 saturated heterocycles. The minimum Gasteiger partial charge on any atom is -0.349 e. The molecule has 1 N–H and O–H groups in total. The van der Waals surface area contributed by atoms with Gasteiger partial charge < -0.3 is 5.32 Å². The Hall–Kier alpha value is -2.53. The molecule has 0 saturated carbocycles. The molecule has 2 aromatic carbocycles. The van der Waals surface area contributed by atoms with Gasteiger partial charge in [-0.3, -0.25) is 4.79 Å². The Bertz CT molecular complexity index is 921. The van der Waals surface area contributed by atoms with E-state index in [9.17, 15) is 9.18 Å². The molecule has 1 aliphatic carbocycles. The van der Waals surface area contributed by atoms with Crippen LogP contribution in [0.5, 0.6) is 0 Å². The van der Waals surface area contributed by atoms with Crippen molar-refractivity contribution in [1.82, 2.24) is 10.3 Å². The van der Waals surface area contributed by atoms with E-state index in [-0.39, 0.29) is 24.2 Å². The van der Waals surface area contributed by atoms with Crippen molar-refractivity contribution in [1.29, 1.82) is 0 Å². The van der Waals surface area contributed by atoms with Crippen molar-refractivity contribution in [2.24, 2.45) is 0 Å². The van der Waals surface area contributed by atoms with Crippen LogP contribution < -0.4 is 5.32 Å². The summed E-state index contributed by atoms with van der Waals surface area (Å²) in [5.41, 5.74) is 3.99. The van der Waals surface area contributed by atoms with Gasteiger partial charge >= 0.3 is 0 Å². The first-order valence-electron chi connectivity index (χ1n) is 8.26. The SMILES string of the molecule is O=C(Cc1csc(-c2cccc(F)c2)n1)N[C@H]1CCc2ccccc21. The molecule has 0 aliphatic heterocycles. The molecule has 0 spiro atoms. The normalized spacial score (nSPS) is 15.8. The fourth-order valence-corrected chi connectivity index (χ4v) is 4.08. The van der Waals surface area contributed by atoms with Crippen LogP contribution >= 0.6 is 11.3 Å². The Morgan fingerprint density at radius 2 is 2.12 bits per heavy atom. The highest BCUT2D eigenvalue weighted by Crippen LogP contribution is 2.31. The second-order valence-corrected chi connectivity index (χ2v) is 7.05. The van der Waals surface area contributed by atoms with Crippen LogP contribution in [0.2, 0.25) is 0 Å². The van der Waals surface area contributed by atoms with E-state index >= 15 is 0 Å². The molecule has 1 heterocycles. The minimum absolute atomic E-state index is 0.0298. The number of nitrogens with one attached hydrogen (secondary N) is 1. The number of rotatable bonds is 4. The first kappa shape index (κ1) is 16.0. The summed E-state index contributed by atoms with van der Waals surface area (Å²) in [6.07, 6.45) is 2.18. The molecule has 1 aliphatic rings. The molecule has 1 amide bonds. The summed E-state index contributed by atoms with van der Waals surface area (Å²) in [5.74, 6) is -0.315. The zero-order valence-electron chi connectivity index (χ0n) is 13.5. The Labute approximate surface area is 149 Å². The van der Waals surface area contributed by atoms with E-state index in [1.54, 1.807) is 6.07 Å². The smallest absolute Gasteiger partial charge is 0.226 e. The topological polar surface area (TPSA) is 42.0 Å². The largest absolute Gasteiger partial charge is 0.349 e. The number of thiazole rings is 1. The number of halogens is 1. The molecule has 0 bridgehead atoms. The second-order valence-electron chi connectivity index (χ2n) is 6.19. The lowest BCUT2D eigenvalue weighted by molar-refractivity contribution is -0.121. The Kier molecular flexibility index (Phi) is 4.32. The number of carbonyl (C=O) groups is 1. The van der Waals surface area contributed by atoms with Gasteiger partial charge in [-0.1, -0.05) is 36.4 Å². The average Bonchev–Trinajstić information content (AvgIpc) is 3.23. The third-order valence-corrected chi connectivity index (χ3v) is 5.37. The molecule has 5 heteroatoms. The van der Waals surface area contributed by atoms with Crippen LogP contribution in [0, 0.1) is 5.82 Å². The van der Waals surface area contributed by atoms with Gasteiger partial charge in [0.1, 0.15) is 10.8 Å². The lowest BCUT2D eigenvalue weighted by Gasteiger charge is -2.13. The highest BCUT2D eigenvalue weighted by Gasteiger charge is 2.23. The molecule has 0 fully saturated rings. The van der Waals surface area contributed by atoms with Crippen LogP contribution in [-0.2, 0) is 17.6 Å². The number of benzene rings is 2. The van der Waals surface area contributed by atoms with E-state index in [1.807, 2.05) is 23.6 Å². The van der Waals surface area contributed by atoms with Gasteiger partial charge in [0.15, 0.2) is 0 Å². The van der Waals surface area contributed by atoms with E-state index in [2.05, 4.69) is 22.4 Å². The molecule has 1 atom stereocenters. The van der Waals surface area contributed by atoms with Gasteiger partial charge in [0, 0.05) is 10.9 Å². The zero-order valence-corrected chi connectivity index (χ0v) is 14.4. The maximum atomic E-state index is 13.3. The van der Waals surface area contributed by atoms with Crippen LogP contribution in [-0.4, -0.2) is 10.9 Å². The molecule has 126 valence electrons. The average molecular weight is 352 g/mol. The minimum atomic E-state index is -0.285. The molecule has 4 rings (SSSR count). The van der Waals surface area contributed by atoms with Crippen LogP contribution in [0.25, 0.3) is 10.6 Å². The van der Waals surface area contributed by atoms with Crippen molar-refractivity contribution in [3.8, 4) is 10.6 Å². The first-order valence-corrected chi connectivity index (χ1v) is 9.14.